The lowest BCUT2D eigenvalue weighted by Crippen LogP contribution is -2.43. The molecular formula is C27H31FN2O3S. The number of nitrogens with zero attached hydrogens (tertiary/aromatic N) is 2. The molecule has 0 aliphatic rings. The normalized spacial score (nSPS) is 10.8. The van der Waals surface area contributed by atoms with Gasteiger partial charge in [-0.3, -0.25) is 9.59 Å². The molecular weight excluding hydrogens is 451 g/mol. The van der Waals surface area contributed by atoms with Crippen LogP contribution in [-0.2, 0) is 22.6 Å². The van der Waals surface area contributed by atoms with Crippen molar-refractivity contribution in [1.82, 2.24) is 9.80 Å². The summed E-state index contributed by atoms with van der Waals surface area (Å²) in [5.74, 6) is -0.642. The maximum atomic E-state index is 13.5. The molecule has 3 rings (SSSR count). The number of hydrogen-bond acceptors (Lipinski definition) is 4. The molecule has 34 heavy (non-hydrogen) atoms. The van der Waals surface area contributed by atoms with E-state index in [2.05, 4.69) is 0 Å². The molecule has 0 unspecified atom stereocenters. The van der Waals surface area contributed by atoms with Gasteiger partial charge in [0.05, 0.1) is 6.54 Å². The summed E-state index contributed by atoms with van der Waals surface area (Å²) in [5.41, 5.74) is 3.41. The molecule has 0 radical (unpaired) electrons. The summed E-state index contributed by atoms with van der Waals surface area (Å²) in [5, 5.41) is 2.00. The van der Waals surface area contributed by atoms with Crippen LogP contribution in [0.3, 0.4) is 0 Å². The van der Waals surface area contributed by atoms with Gasteiger partial charge in [0.2, 0.25) is 5.91 Å². The number of rotatable bonds is 11. The Morgan fingerprint density at radius 3 is 2.32 bits per heavy atom. The molecule has 0 fully saturated rings. The van der Waals surface area contributed by atoms with Gasteiger partial charge in [0, 0.05) is 37.2 Å². The molecule has 0 bridgehead atoms. The zero-order valence-corrected chi connectivity index (χ0v) is 20.7. The summed E-state index contributed by atoms with van der Waals surface area (Å²) in [4.78, 5) is 31.3. The fourth-order valence-electron chi connectivity index (χ4n) is 3.68. The maximum Gasteiger partial charge on any atom is 0.254 e. The minimum atomic E-state index is -0.316. The Hall–Kier alpha value is -3.03. The molecule has 2 aromatic carbocycles. The first kappa shape index (κ1) is 25.6. The number of amides is 2. The van der Waals surface area contributed by atoms with Gasteiger partial charge in [-0.25, -0.2) is 4.39 Å². The summed E-state index contributed by atoms with van der Waals surface area (Å²) >= 11 is 1.60. The molecule has 0 saturated carbocycles. The number of carbonyl (C=O) groups is 2. The van der Waals surface area contributed by atoms with Crippen molar-refractivity contribution in [2.45, 2.75) is 33.4 Å². The third kappa shape index (κ3) is 6.98. The number of benzene rings is 2. The fourth-order valence-corrected chi connectivity index (χ4v) is 4.60. The van der Waals surface area contributed by atoms with Crippen LogP contribution in [0, 0.1) is 19.7 Å². The highest BCUT2D eigenvalue weighted by Crippen LogP contribution is 2.20. The monoisotopic (exact) mass is 482 g/mol. The number of aryl methyl sites for hydroxylation is 2. The van der Waals surface area contributed by atoms with Gasteiger partial charge in [0.15, 0.2) is 0 Å². The van der Waals surface area contributed by atoms with Gasteiger partial charge in [-0.2, -0.15) is 0 Å². The largest absolute Gasteiger partial charge is 0.385 e. The van der Waals surface area contributed by atoms with Gasteiger partial charge in [0.25, 0.3) is 5.91 Å². The van der Waals surface area contributed by atoms with Crippen LogP contribution in [0.5, 0.6) is 0 Å². The Balaban J connectivity index is 1.83. The first-order valence-corrected chi connectivity index (χ1v) is 12.2. The lowest BCUT2D eigenvalue weighted by molar-refractivity contribution is -0.133. The van der Waals surface area contributed by atoms with Crippen LogP contribution >= 0.6 is 11.3 Å². The van der Waals surface area contributed by atoms with E-state index in [4.69, 9.17) is 4.74 Å². The average Bonchev–Trinajstić information content (AvgIpc) is 3.23. The van der Waals surface area contributed by atoms with E-state index in [1.807, 2.05) is 43.5 Å². The standard InChI is InChI=1S/C27H31FN2O3S/c1-20-7-4-5-8-24(20)27(32)29(14-6-15-33-3)19-26(31)30(18-25-21(2)13-16-34-25)17-22-9-11-23(28)12-10-22/h4-5,7-13,16H,6,14-15,17-19H2,1-3H3. The zero-order valence-electron chi connectivity index (χ0n) is 19.9. The second-order valence-corrected chi connectivity index (χ2v) is 9.29. The van der Waals surface area contributed by atoms with Crippen LogP contribution in [0.4, 0.5) is 4.39 Å². The highest BCUT2D eigenvalue weighted by atomic mass is 32.1. The molecule has 0 saturated heterocycles. The van der Waals surface area contributed by atoms with Crippen molar-refractivity contribution in [3.05, 3.63) is 92.9 Å². The first-order chi connectivity index (χ1) is 16.4. The van der Waals surface area contributed by atoms with Gasteiger partial charge in [-0.05, 0) is 66.6 Å². The van der Waals surface area contributed by atoms with Crippen LogP contribution in [0.15, 0.2) is 60.0 Å². The Morgan fingerprint density at radius 2 is 1.68 bits per heavy atom. The lowest BCUT2D eigenvalue weighted by Gasteiger charge is -2.28. The van der Waals surface area contributed by atoms with E-state index in [0.717, 1.165) is 21.6 Å². The molecule has 0 aliphatic carbocycles. The van der Waals surface area contributed by atoms with Gasteiger partial charge < -0.3 is 14.5 Å². The van der Waals surface area contributed by atoms with Crippen molar-refractivity contribution in [1.29, 1.82) is 0 Å². The number of thiophene rings is 1. The Kier molecular flexibility index (Phi) is 9.36. The molecule has 0 atom stereocenters. The van der Waals surface area contributed by atoms with E-state index in [1.165, 1.54) is 12.1 Å². The van der Waals surface area contributed by atoms with E-state index in [9.17, 15) is 14.0 Å². The van der Waals surface area contributed by atoms with Crippen LogP contribution in [0.1, 0.15) is 38.3 Å². The van der Waals surface area contributed by atoms with Crippen molar-refractivity contribution in [2.75, 3.05) is 26.8 Å². The third-order valence-corrected chi connectivity index (χ3v) is 6.72. The van der Waals surface area contributed by atoms with E-state index >= 15 is 0 Å². The fraction of sp³-hybridized carbons (Fsp3) is 0.333. The number of methoxy groups -OCH3 is 1. The van der Waals surface area contributed by atoms with Gasteiger partial charge >= 0.3 is 0 Å². The maximum absolute atomic E-state index is 13.5. The second kappa shape index (κ2) is 12.4. The average molecular weight is 483 g/mol. The van der Waals surface area contributed by atoms with E-state index in [0.29, 0.717) is 38.2 Å². The van der Waals surface area contributed by atoms with E-state index in [1.54, 1.807) is 46.4 Å². The predicted molar refractivity (Wildman–Crippen MR) is 133 cm³/mol. The first-order valence-electron chi connectivity index (χ1n) is 11.3. The zero-order chi connectivity index (χ0) is 24.5. The van der Waals surface area contributed by atoms with Crippen molar-refractivity contribution in [3.63, 3.8) is 0 Å². The SMILES string of the molecule is COCCCN(CC(=O)N(Cc1ccc(F)cc1)Cc1sccc1C)C(=O)c1ccccc1C. The van der Waals surface area contributed by atoms with E-state index < -0.39 is 0 Å². The van der Waals surface area contributed by atoms with Gasteiger partial charge in [-0.15, -0.1) is 11.3 Å². The summed E-state index contributed by atoms with van der Waals surface area (Å²) in [6, 6.07) is 15.6. The molecule has 5 nitrogen and oxygen atoms in total. The van der Waals surface area contributed by atoms with Gasteiger partial charge in [-0.1, -0.05) is 30.3 Å². The Bertz CT molecular complexity index is 1100. The molecule has 2 amide bonds. The number of hydrogen-bond donors (Lipinski definition) is 0. The van der Waals surface area contributed by atoms with E-state index in [-0.39, 0.29) is 24.2 Å². The number of carbonyl (C=O) groups excluding carboxylic acids is 2. The molecule has 0 spiro atoms. The van der Waals surface area contributed by atoms with Crippen molar-refractivity contribution < 1.29 is 18.7 Å². The van der Waals surface area contributed by atoms with Crippen LogP contribution < -0.4 is 0 Å². The highest BCUT2D eigenvalue weighted by molar-refractivity contribution is 7.10. The molecule has 1 heterocycles. The molecule has 180 valence electrons. The molecule has 0 N–H and O–H groups in total. The van der Waals surface area contributed by atoms with Crippen molar-refractivity contribution in [2.24, 2.45) is 0 Å². The second-order valence-electron chi connectivity index (χ2n) is 8.29. The highest BCUT2D eigenvalue weighted by Gasteiger charge is 2.24. The Labute approximate surface area is 204 Å². The summed E-state index contributed by atoms with van der Waals surface area (Å²) in [6.07, 6.45) is 0.628. The lowest BCUT2D eigenvalue weighted by atomic mass is 10.1. The summed E-state index contributed by atoms with van der Waals surface area (Å²) in [6.45, 7) is 5.55. The topological polar surface area (TPSA) is 49.9 Å². The molecule has 1 aromatic heterocycles. The Morgan fingerprint density at radius 1 is 0.941 bits per heavy atom. The summed E-state index contributed by atoms with van der Waals surface area (Å²) < 4.78 is 18.6. The summed E-state index contributed by atoms with van der Waals surface area (Å²) in [7, 11) is 1.62. The smallest absolute Gasteiger partial charge is 0.254 e. The van der Waals surface area contributed by atoms with Crippen LogP contribution in [0.2, 0.25) is 0 Å². The minimum Gasteiger partial charge on any atom is -0.385 e. The molecule has 3 aromatic rings. The predicted octanol–water partition coefficient (Wildman–Crippen LogP) is 5.21. The van der Waals surface area contributed by atoms with Crippen LogP contribution in [-0.4, -0.2) is 48.4 Å². The molecule has 0 aliphatic heterocycles. The third-order valence-electron chi connectivity index (χ3n) is 5.71. The van der Waals surface area contributed by atoms with Crippen molar-refractivity contribution >= 4 is 23.2 Å². The molecule has 7 heteroatoms. The van der Waals surface area contributed by atoms with Gasteiger partial charge in [0.1, 0.15) is 12.4 Å². The number of halogens is 1. The van der Waals surface area contributed by atoms with Crippen molar-refractivity contribution in [3.8, 4) is 0 Å². The number of ether oxygens (including phenoxy) is 1. The minimum absolute atomic E-state index is 0.0392. The van der Waals surface area contributed by atoms with Crippen LogP contribution in [0.25, 0.3) is 0 Å². The quantitative estimate of drug-likeness (QED) is 0.353.